The molecular formula is C21H23ClN4O2. The first-order valence-electron chi connectivity index (χ1n) is 9.71. The Morgan fingerprint density at radius 1 is 1.39 bits per heavy atom. The molecule has 1 aliphatic heterocycles. The molecule has 1 amide bonds. The summed E-state index contributed by atoms with van der Waals surface area (Å²) in [5, 5.41) is 9.85. The van der Waals surface area contributed by atoms with Crippen molar-refractivity contribution in [1.82, 2.24) is 14.8 Å². The predicted molar refractivity (Wildman–Crippen MR) is 105 cm³/mol. The Morgan fingerprint density at radius 2 is 2.18 bits per heavy atom. The zero-order valence-electron chi connectivity index (χ0n) is 15.9. The molecular weight excluding hydrogens is 376 g/mol. The van der Waals surface area contributed by atoms with E-state index in [-0.39, 0.29) is 11.9 Å². The molecule has 1 aromatic carbocycles. The van der Waals surface area contributed by atoms with Crippen LogP contribution >= 0.6 is 11.6 Å². The number of halogens is 1. The van der Waals surface area contributed by atoms with E-state index in [4.69, 9.17) is 16.0 Å². The van der Waals surface area contributed by atoms with Gasteiger partial charge in [-0.3, -0.25) is 9.69 Å². The minimum atomic E-state index is -0.283. The molecule has 0 radical (unpaired) electrons. The number of nitrogens with zero attached hydrogens (tertiary/aromatic N) is 4. The van der Waals surface area contributed by atoms with Crippen LogP contribution in [0.3, 0.4) is 0 Å². The molecule has 7 heteroatoms. The highest BCUT2D eigenvalue weighted by Gasteiger charge is 2.35. The first kappa shape index (κ1) is 19.0. The quantitative estimate of drug-likeness (QED) is 0.740. The van der Waals surface area contributed by atoms with Crippen molar-refractivity contribution >= 4 is 17.5 Å². The van der Waals surface area contributed by atoms with Gasteiger partial charge in [0.05, 0.1) is 28.9 Å². The summed E-state index contributed by atoms with van der Waals surface area (Å²) < 4.78 is 5.86. The van der Waals surface area contributed by atoms with Crippen LogP contribution in [-0.2, 0) is 11.3 Å². The molecule has 2 aromatic rings. The van der Waals surface area contributed by atoms with Crippen LogP contribution in [-0.4, -0.2) is 45.9 Å². The van der Waals surface area contributed by atoms with Crippen molar-refractivity contribution in [3.05, 3.63) is 40.7 Å². The molecule has 0 spiro atoms. The summed E-state index contributed by atoms with van der Waals surface area (Å²) in [7, 11) is 0. The molecule has 1 aliphatic carbocycles. The number of aryl methyl sites for hydroxylation is 1. The summed E-state index contributed by atoms with van der Waals surface area (Å²) in [5.41, 5.74) is 1.59. The lowest BCUT2D eigenvalue weighted by atomic mass is 10.2. The van der Waals surface area contributed by atoms with Crippen LogP contribution in [0.1, 0.15) is 37.1 Å². The maximum absolute atomic E-state index is 12.8. The summed E-state index contributed by atoms with van der Waals surface area (Å²) in [6.07, 6.45) is 3.85. The lowest BCUT2D eigenvalue weighted by Crippen LogP contribution is -2.43. The monoisotopic (exact) mass is 398 g/mol. The van der Waals surface area contributed by atoms with Crippen LogP contribution in [0, 0.1) is 18.3 Å². The van der Waals surface area contributed by atoms with Gasteiger partial charge in [-0.25, -0.2) is 4.98 Å². The van der Waals surface area contributed by atoms with Gasteiger partial charge in [-0.2, -0.15) is 5.26 Å². The fraction of sp³-hybridized carbons (Fsp3) is 0.476. The largest absolute Gasteiger partial charge is 0.441 e. The number of nitriles is 1. The standard InChI is InChI=1S/C21H23ClN4O2/c1-14-19(24-21(28-14)17-6-2-3-7-18(17)22)12-25(15-8-9-15)13-20(27)26-10-4-5-16(26)11-23/h2-3,6-7,15-16H,4-5,8-10,12-13H2,1H3. The molecule has 1 aromatic heterocycles. The van der Waals surface area contributed by atoms with Gasteiger partial charge in [-0.15, -0.1) is 0 Å². The number of hydrogen-bond acceptors (Lipinski definition) is 5. The molecule has 1 atom stereocenters. The zero-order valence-corrected chi connectivity index (χ0v) is 16.7. The van der Waals surface area contributed by atoms with Crippen LogP contribution in [0.4, 0.5) is 0 Å². The van der Waals surface area contributed by atoms with E-state index in [9.17, 15) is 10.1 Å². The Morgan fingerprint density at radius 3 is 2.89 bits per heavy atom. The van der Waals surface area contributed by atoms with Gasteiger partial charge in [0.2, 0.25) is 11.8 Å². The fourth-order valence-electron chi connectivity index (χ4n) is 3.73. The molecule has 1 saturated carbocycles. The molecule has 28 heavy (non-hydrogen) atoms. The van der Waals surface area contributed by atoms with E-state index in [0.29, 0.717) is 36.6 Å². The first-order chi connectivity index (χ1) is 13.6. The van der Waals surface area contributed by atoms with Gasteiger partial charge in [0.1, 0.15) is 11.8 Å². The van der Waals surface area contributed by atoms with Crippen LogP contribution in [0.15, 0.2) is 28.7 Å². The first-order valence-corrected chi connectivity index (χ1v) is 10.1. The second-order valence-electron chi connectivity index (χ2n) is 7.51. The van der Waals surface area contributed by atoms with E-state index in [1.165, 1.54) is 0 Å². The minimum absolute atomic E-state index is 0.0309. The topological polar surface area (TPSA) is 73.4 Å². The highest BCUT2D eigenvalue weighted by Crippen LogP contribution is 2.32. The summed E-state index contributed by atoms with van der Waals surface area (Å²) >= 11 is 6.27. The van der Waals surface area contributed by atoms with E-state index in [1.54, 1.807) is 4.90 Å². The number of likely N-dealkylation sites (tertiary alicyclic amines) is 1. The second-order valence-corrected chi connectivity index (χ2v) is 7.92. The third-order valence-electron chi connectivity index (χ3n) is 5.47. The molecule has 1 unspecified atom stereocenters. The molecule has 1 saturated heterocycles. The Kier molecular flexibility index (Phi) is 5.38. The highest BCUT2D eigenvalue weighted by atomic mass is 35.5. The third-order valence-corrected chi connectivity index (χ3v) is 5.80. The van der Waals surface area contributed by atoms with Crippen LogP contribution < -0.4 is 0 Å². The summed E-state index contributed by atoms with van der Waals surface area (Å²) in [6, 6.07) is 9.82. The number of aromatic nitrogens is 1. The lowest BCUT2D eigenvalue weighted by molar-refractivity contribution is -0.132. The van der Waals surface area contributed by atoms with Gasteiger partial charge in [0, 0.05) is 19.1 Å². The van der Waals surface area contributed by atoms with E-state index in [1.807, 2.05) is 31.2 Å². The number of carbonyl (C=O) groups is 1. The van der Waals surface area contributed by atoms with Crippen molar-refractivity contribution in [2.24, 2.45) is 0 Å². The fourth-order valence-corrected chi connectivity index (χ4v) is 3.95. The van der Waals surface area contributed by atoms with Crippen LogP contribution in [0.5, 0.6) is 0 Å². The summed E-state index contributed by atoms with van der Waals surface area (Å²) in [6.45, 7) is 3.44. The normalized spacial score (nSPS) is 19.2. The molecule has 4 rings (SSSR count). The maximum atomic E-state index is 12.8. The van der Waals surface area contributed by atoms with E-state index in [2.05, 4.69) is 16.0 Å². The number of amides is 1. The van der Waals surface area contributed by atoms with E-state index >= 15 is 0 Å². The Labute approximate surface area is 169 Å². The van der Waals surface area contributed by atoms with Crippen molar-refractivity contribution < 1.29 is 9.21 Å². The molecule has 2 fully saturated rings. The molecule has 6 nitrogen and oxygen atoms in total. The molecule has 2 heterocycles. The van der Waals surface area contributed by atoms with Crippen molar-refractivity contribution in [3.63, 3.8) is 0 Å². The molecule has 0 N–H and O–H groups in total. The van der Waals surface area contributed by atoms with Crippen molar-refractivity contribution in [2.45, 2.75) is 51.2 Å². The van der Waals surface area contributed by atoms with Gasteiger partial charge < -0.3 is 9.32 Å². The highest BCUT2D eigenvalue weighted by molar-refractivity contribution is 6.33. The minimum Gasteiger partial charge on any atom is -0.441 e. The third kappa shape index (κ3) is 3.91. The van der Waals surface area contributed by atoms with Crippen molar-refractivity contribution in [3.8, 4) is 17.5 Å². The van der Waals surface area contributed by atoms with E-state index < -0.39 is 0 Å². The SMILES string of the molecule is Cc1oc(-c2ccccc2Cl)nc1CN(CC(=O)N1CCCC1C#N)C1CC1. The average molecular weight is 399 g/mol. The van der Waals surface area contributed by atoms with Crippen LogP contribution in [0.25, 0.3) is 11.5 Å². The number of hydrogen-bond donors (Lipinski definition) is 0. The van der Waals surface area contributed by atoms with Crippen molar-refractivity contribution in [2.75, 3.05) is 13.1 Å². The Bertz CT molecular complexity index is 915. The molecule has 146 valence electrons. The summed E-state index contributed by atoms with van der Waals surface area (Å²) in [5.74, 6) is 1.27. The van der Waals surface area contributed by atoms with Gasteiger partial charge in [0.25, 0.3) is 0 Å². The van der Waals surface area contributed by atoms with Crippen LogP contribution in [0.2, 0.25) is 5.02 Å². The second kappa shape index (κ2) is 7.94. The number of benzene rings is 1. The van der Waals surface area contributed by atoms with Crippen molar-refractivity contribution in [1.29, 1.82) is 5.26 Å². The van der Waals surface area contributed by atoms with Gasteiger partial charge in [0.15, 0.2) is 0 Å². The van der Waals surface area contributed by atoms with Gasteiger partial charge in [-0.05, 0) is 44.7 Å². The maximum Gasteiger partial charge on any atom is 0.237 e. The van der Waals surface area contributed by atoms with Gasteiger partial charge in [-0.1, -0.05) is 23.7 Å². The molecule has 2 aliphatic rings. The predicted octanol–water partition coefficient (Wildman–Crippen LogP) is 3.78. The number of oxazole rings is 1. The smallest absolute Gasteiger partial charge is 0.237 e. The van der Waals surface area contributed by atoms with E-state index in [0.717, 1.165) is 42.7 Å². The van der Waals surface area contributed by atoms with Gasteiger partial charge >= 0.3 is 0 Å². The number of rotatable bonds is 6. The lowest BCUT2D eigenvalue weighted by Gasteiger charge is -2.25. The zero-order chi connectivity index (χ0) is 19.7. The average Bonchev–Trinajstić information content (AvgIpc) is 3.31. The Hall–Kier alpha value is -2.36. The Balaban J connectivity index is 1.49. The summed E-state index contributed by atoms with van der Waals surface area (Å²) in [4.78, 5) is 21.3. The number of carbonyl (C=O) groups excluding carboxylic acids is 1. The molecule has 0 bridgehead atoms.